The van der Waals surface area contributed by atoms with Crippen LogP contribution < -0.4 is 10.5 Å². The summed E-state index contributed by atoms with van der Waals surface area (Å²) in [6.07, 6.45) is 1.72. The van der Waals surface area contributed by atoms with Gasteiger partial charge in [0.2, 0.25) is 31.6 Å². The van der Waals surface area contributed by atoms with E-state index in [4.69, 9.17) is 4.74 Å². The van der Waals surface area contributed by atoms with Crippen molar-refractivity contribution >= 4 is 44.2 Å². The van der Waals surface area contributed by atoms with Crippen LogP contribution in [0.25, 0.3) is 0 Å². The summed E-state index contributed by atoms with van der Waals surface area (Å²) in [6.45, 7) is 8.14. The highest BCUT2D eigenvalue weighted by atomic mass is 32.1. The Morgan fingerprint density at radius 3 is 2.36 bits per heavy atom. The maximum atomic E-state index is 12.2. The Morgan fingerprint density at radius 1 is 1.18 bits per heavy atom. The zero-order valence-electron chi connectivity index (χ0n) is 17.5. The molecule has 0 saturated carbocycles. The van der Waals surface area contributed by atoms with Gasteiger partial charge in [0, 0.05) is 38.0 Å². The van der Waals surface area contributed by atoms with Crippen LogP contribution in [0, 0.1) is 0 Å². The number of thiol groups is 1. The Kier molecular flexibility index (Phi) is 9.00. The molecule has 1 aliphatic heterocycles. The summed E-state index contributed by atoms with van der Waals surface area (Å²) >= 11 is 4.06. The smallest absolute Gasteiger partial charge is 0.242 e. The van der Waals surface area contributed by atoms with Crippen molar-refractivity contribution in [3.63, 3.8) is 0 Å². The van der Waals surface area contributed by atoms with Crippen LogP contribution in [0.3, 0.4) is 0 Å². The number of rotatable bonds is 11. The summed E-state index contributed by atoms with van der Waals surface area (Å²) in [5.74, 6) is -0.882. The third-order valence-corrected chi connectivity index (χ3v) is 5.12. The molecule has 2 N–H and O–H groups in total. The molecule has 28 heavy (non-hydrogen) atoms. The fraction of sp³-hybridized carbons (Fsp3) is 0.778. The van der Waals surface area contributed by atoms with E-state index in [1.165, 1.54) is 0 Å². The molecular weight excluding hydrogens is 381 g/mol. The van der Waals surface area contributed by atoms with Gasteiger partial charge in [-0.1, -0.05) is 0 Å². The van der Waals surface area contributed by atoms with Crippen LogP contribution in [-0.2, 0) is 23.9 Å². The summed E-state index contributed by atoms with van der Waals surface area (Å²) in [7, 11) is 1.60. The molecule has 0 bridgehead atoms. The van der Waals surface area contributed by atoms with E-state index in [0.717, 1.165) is 4.90 Å². The number of hydrogen-bond donors (Lipinski definition) is 3. The molecule has 1 aliphatic rings. The first-order valence-electron chi connectivity index (χ1n) is 9.55. The minimum atomic E-state index is -0.601. The van der Waals surface area contributed by atoms with Crippen LogP contribution in [0.4, 0.5) is 0 Å². The van der Waals surface area contributed by atoms with Crippen LogP contribution in [0.1, 0.15) is 59.8 Å². The predicted octanol–water partition coefficient (Wildman–Crippen LogP) is -0.0416. The highest BCUT2D eigenvalue weighted by Crippen LogP contribution is 2.20. The van der Waals surface area contributed by atoms with Gasteiger partial charge in [0.05, 0.1) is 10.9 Å². The number of nitrogens with one attached hydrogen (secondary N) is 2. The molecule has 0 spiro atoms. The average molecular weight is 413 g/mol. The molecule has 10 heteroatoms. The van der Waals surface area contributed by atoms with E-state index >= 15 is 0 Å². The number of nitrogens with zero attached hydrogens (tertiary/aromatic N) is 1. The van der Waals surface area contributed by atoms with E-state index in [2.05, 4.69) is 23.2 Å². The van der Waals surface area contributed by atoms with Crippen molar-refractivity contribution in [2.24, 2.45) is 0 Å². The number of likely N-dealkylation sites (tertiary alicyclic amines) is 1. The molecule has 0 aromatic rings. The lowest BCUT2D eigenvalue weighted by Crippen LogP contribution is -2.46. The highest BCUT2D eigenvalue weighted by molar-refractivity contribution is 7.81. The minimum Gasteiger partial charge on any atom is -0.406 e. The third-order valence-electron chi connectivity index (χ3n) is 4.71. The molecule has 0 radical (unpaired) electrons. The van der Waals surface area contributed by atoms with Crippen LogP contribution >= 0.6 is 12.6 Å². The summed E-state index contributed by atoms with van der Waals surface area (Å²) in [4.78, 5) is 48.2. The Morgan fingerprint density at radius 2 is 1.82 bits per heavy atom. The largest absolute Gasteiger partial charge is 0.406 e. The molecule has 158 valence electrons. The molecule has 0 aliphatic carbocycles. The summed E-state index contributed by atoms with van der Waals surface area (Å²) in [5.41, 5.74) is -0.939. The predicted molar refractivity (Wildman–Crippen MR) is 112 cm³/mol. The molecule has 1 unspecified atom stereocenters. The summed E-state index contributed by atoms with van der Waals surface area (Å²) < 4.78 is 5.89. The highest BCUT2D eigenvalue weighted by Gasteiger charge is 2.36. The summed E-state index contributed by atoms with van der Waals surface area (Å²) in [6, 6.07) is 0. The molecular formula is C18H32BN3O5S. The van der Waals surface area contributed by atoms with Gasteiger partial charge in [0.1, 0.15) is 0 Å². The van der Waals surface area contributed by atoms with Gasteiger partial charge in [-0.05, 0) is 40.5 Å². The van der Waals surface area contributed by atoms with Crippen molar-refractivity contribution < 1.29 is 23.9 Å². The fourth-order valence-electron chi connectivity index (χ4n) is 2.81. The van der Waals surface area contributed by atoms with Crippen molar-refractivity contribution in [1.29, 1.82) is 0 Å². The Bertz CT molecular complexity index is 612. The van der Waals surface area contributed by atoms with E-state index < -0.39 is 16.4 Å². The number of amides is 4. The second-order valence-corrected chi connectivity index (χ2v) is 8.94. The first kappa shape index (κ1) is 24.5. The first-order chi connectivity index (χ1) is 12.9. The SMILES string of the molecule is BNC(=O)CCC(C)(C)OCCC(C)(C)NC(=O)CCN1C(=O)CC(S)C1=O. The van der Waals surface area contributed by atoms with E-state index in [1.807, 2.05) is 27.7 Å². The molecule has 1 fully saturated rings. The monoisotopic (exact) mass is 413 g/mol. The van der Waals surface area contributed by atoms with Gasteiger partial charge in [0.25, 0.3) is 0 Å². The lowest BCUT2D eigenvalue weighted by molar-refractivity contribution is -0.138. The zero-order valence-corrected chi connectivity index (χ0v) is 18.4. The van der Waals surface area contributed by atoms with E-state index in [1.54, 1.807) is 7.98 Å². The minimum absolute atomic E-state index is 0.0246. The molecule has 8 nitrogen and oxygen atoms in total. The van der Waals surface area contributed by atoms with Crippen LogP contribution in [-0.4, -0.2) is 66.1 Å². The quantitative estimate of drug-likeness (QED) is 0.251. The Hall–Kier alpha value is -1.55. The summed E-state index contributed by atoms with van der Waals surface area (Å²) in [5, 5.41) is 4.90. The lowest BCUT2D eigenvalue weighted by atomic mass is 9.99. The Labute approximate surface area is 173 Å². The zero-order chi connectivity index (χ0) is 21.5. The van der Waals surface area contributed by atoms with Crippen molar-refractivity contribution in [3.8, 4) is 0 Å². The van der Waals surface area contributed by atoms with Crippen molar-refractivity contribution in [2.45, 2.75) is 76.2 Å². The number of ether oxygens (including phenoxy) is 1. The van der Waals surface area contributed by atoms with Crippen LogP contribution in [0.5, 0.6) is 0 Å². The number of imide groups is 1. The lowest BCUT2D eigenvalue weighted by Gasteiger charge is -2.30. The molecule has 1 rings (SSSR count). The third kappa shape index (κ3) is 8.22. The van der Waals surface area contributed by atoms with Gasteiger partial charge in [-0.3, -0.25) is 24.1 Å². The number of carbonyl (C=O) groups is 4. The van der Waals surface area contributed by atoms with E-state index in [-0.39, 0.29) is 43.0 Å². The first-order valence-corrected chi connectivity index (χ1v) is 10.1. The average Bonchev–Trinajstić information content (AvgIpc) is 2.82. The van der Waals surface area contributed by atoms with Gasteiger partial charge < -0.3 is 15.3 Å². The molecule has 1 saturated heterocycles. The maximum absolute atomic E-state index is 12.2. The number of carbonyl (C=O) groups excluding carboxylic acids is 4. The number of hydrogen-bond acceptors (Lipinski definition) is 6. The standard InChI is InChI=1S/C18H32BN3O5S/c1-17(2,8-10-27-18(3,4)7-5-14(24)21-19)20-13(23)6-9-22-15(25)11-12(28)16(22)26/h12,28H,5-11,19H2,1-4H3,(H,20,23)(H,21,24). The van der Waals surface area contributed by atoms with Gasteiger partial charge in [0.15, 0.2) is 0 Å². The Balaban J connectivity index is 2.36. The van der Waals surface area contributed by atoms with Crippen molar-refractivity contribution in [2.75, 3.05) is 13.2 Å². The van der Waals surface area contributed by atoms with Gasteiger partial charge >= 0.3 is 0 Å². The van der Waals surface area contributed by atoms with E-state index in [0.29, 0.717) is 25.9 Å². The second kappa shape index (κ2) is 10.3. The topological polar surface area (TPSA) is 105 Å². The fourth-order valence-corrected chi connectivity index (χ4v) is 3.11. The molecule has 0 aromatic heterocycles. The molecule has 1 heterocycles. The molecule has 4 amide bonds. The normalized spacial score (nSPS) is 17.8. The van der Waals surface area contributed by atoms with Gasteiger partial charge in [-0.2, -0.15) is 12.6 Å². The van der Waals surface area contributed by atoms with Gasteiger partial charge in [-0.25, -0.2) is 0 Å². The second-order valence-electron chi connectivity index (χ2n) is 8.32. The van der Waals surface area contributed by atoms with Crippen molar-refractivity contribution in [1.82, 2.24) is 15.4 Å². The van der Waals surface area contributed by atoms with E-state index in [9.17, 15) is 19.2 Å². The molecule has 1 atom stereocenters. The van der Waals surface area contributed by atoms with Crippen LogP contribution in [0.15, 0.2) is 0 Å². The molecule has 0 aromatic carbocycles. The van der Waals surface area contributed by atoms with Crippen molar-refractivity contribution in [3.05, 3.63) is 0 Å². The van der Waals surface area contributed by atoms with Crippen LogP contribution in [0.2, 0.25) is 0 Å². The van der Waals surface area contributed by atoms with Gasteiger partial charge in [-0.15, -0.1) is 0 Å². The maximum Gasteiger partial charge on any atom is 0.242 e.